The lowest BCUT2D eigenvalue weighted by Crippen LogP contribution is -2.38. The van der Waals surface area contributed by atoms with Crippen molar-refractivity contribution in [1.82, 2.24) is 5.32 Å². The standard InChI is InChI=1S/C19H26N2O4/c1-3-19(11-5-4-6-12-19)18(25)21-15-9-7-14(8-10-15)16(22)20-13(2)17(23)24/h7-10,13H,3-6,11-12H2,1-2H3,(H,20,22)(H,21,25)(H,23,24). The summed E-state index contributed by atoms with van der Waals surface area (Å²) in [5, 5.41) is 14.2. The predicted octanol–water partition coefficient (Wildman–Crippen LogP) is 3.19. The third-order valence-corrected chi connectivity index (χ3v) is 5.09. The molecule has 1 aromatic carbocycles. The fourth-order valence-corrected chi connectivity index (χ4v) is 3.28. The summed E-state index contributed by atoms with van der Waals surface area (Å²) in [5.74, 6) is -1.49. The third-order valence-electron chi connectivity index (χ3n) is 5.09. The van der Waals surface area contributed by atoms with Crippen LogP contribution < -0.4 is 10.6 Å². The monoisotopic (exact) mass is 346 g/mol. The molecule has 1 aromatic rings. The molecular weight excluding hydrogens is 320 g/mol. The highest BCUT2D eigenvalue weighted by molar-refractivity contribution is 5.98. The molecule has 1 aliphatic rings. The third kappa shape index (κ3) is 4.59. The minimum Gasteiger partial charge on any atom is -0.480 e. The van der Waals surface area contributed by atoms with Crippen LogP contribution in [0, 0.1) is 5.41 Å². The average Bonchev–Trinajstić information content (AvgIpc) is 2.62. The van der Waals surface area contributed by atoms with Crippen molar-refractivity contribution in [2.45, 2.75) is 58.4 Å². The molecule has 1 unspecified atom stereocenters. The Labute approximate surface area is 148 Å². The van der Waals surface area contributed by atoms with Crippen LogP contribution in [-0.2, 0) is 9.59 Å². The van der Waals surface area contributed by atoms with Gasteiger partial charge in [0.2, 0.25) is 5.91 Å². The highest BCUT2D eigenvalue weighted by atomic mass is 16.4. The SMILES string of the molecule is CCC1(C(=O)Nc2ccc(C(=O)NC(C)C(=O)O)cc2)CCCCC1. The number of carboxylic acids is 1. The molecule has 1 atom stereocenters. The summed E-state index contributed by atoms with van der Waals surface area (Å²) < 4.78 is 0. The van der Waals surface area contributed by atoms with Gasteiger partial charge in [-0.2, -0.15) is 0 Å². The van der Waals surface area contributed by atoms with Crippen molar-refractivity contribution >= 4 is 23.5 Å². The highest BCUT2D eigenvalue weighted by Crippen LogP contribution is 2.40. The van der Waals surface area contributed by atoms with E-state index in [0.717, 1.165) is 32.1 Å². The van der Waals surface area contributed by atoms with Gasteiger partial charge in [0.15, 0.2) is 0 Å². The summed E-state index contributed by atoms with van der Waals surface area (Å²) in [7, 11) is 0. The molecule has 2 amide bonds. The van der Waals surface area contributed by atoms with Crippen molar-refractivity contribution in [2.24, 2.45) is 5.41 Å². The van der Waals surface area contributed by atoms with Gasteiger partial charge in [0, 0.05) is 16.7 Å². The van der Waals surface area contributed by atoms with E-state index < -0.39 is 17.9 Å². The van der Waals surface area contributed by atoms with E-state index in [1.165, 1.54) is 13.3 Å². The number of nitrogens with one attached hydrogen (secondary N) is 2. The molecule has 3 N–H and O–H groups in total. The molecule has 0 saturated heterocycles. The number of carbonyl (C=O) groups excluding carboxylic acids is 2. The highest BCUT2D eigenvalue weighted by Gasteiger charge is 2.37. The molecule has 1 fully saturated rings. The Morgan fingerprint density at radius 2 is 1.72 bits per heavy atom. The smallest absolute Gasteiger partial charge is 0.325 e. The number of benzene rings is 1. The molecule has 0 heterocycles. The van der Waals surface area contributed by atoms with Crippen LogP contribution in [0.15, 0.2) is 24.3 Å². The minimum atomic E-state index is -1.09. The molecular formula is C19H26N2O4. The maximum atomic E-state index is 12.7. The van der Waals surface area contributed by atoms with Gasteiger partial charge in [-0.05, 0) is 50.5 Å². The Hall–Kier alpha value is -2.37. The van der Waals surface area contributed by atoms with E-state index in [-0.39, 0.29) is 11.3 Å². The molecule has 1 saturated carbocycles. The fraction of sp³-hybridized carbons (Fsp3) is 0.526. The molecule has 25 heavy (non-hydrogen) atoms. The van der Waals surface area contributed by atoms with Gasteiger partial charge in [-0.25, -0.2) is 0 Å². The number of hydrogen-bond acceptors (Lipinski definition) is 3. The first-order valence-electron chi connectivity index (χ1n) is 8.83. The van der Waals surface area contributed by atoms with Gasteiger partial charge in [-0.3, -0.25) is 14.4 Å². The lowest BCUT2D eigenvalue weighted by molar-refractivity contribution is -0.138. The molecule has 0 aromatic heterocycles. The molecule has 6 heteroatoms. The van der Waals surface area contributed by atoms with Crippen molar-refractivity contribution in [3.63, 3.8) is 0 Å². The topological polar surface area (TPSA) is 95.5 Å². The van der Waals surface area contributed by atoms with E-state index in [0.29, 0.717) is 11.3 Å². The molecule has 6 nitrogen and oxygen atoms in total. The Bertz CT molecular complexity index is 633. The van der Waals surface area contributed by atoms with Gasteiger partial charge in [0.1, 0.15) is 6.04 Å². The molecule has 2 rings (SSSR count). The van der Waals surface area contributed by atoms with E-state index in [4.69, 9.17) is 5.11 Å². The first kappa shape index (κ1) is 19.0. The minimum absolute atomic E-state index is 0.0476. The first-order chi connectivity index (χ1) is 11.9. The van der Waals surface area contributed by atoms with Gasteiger partial charge in [-0.15, -0.1) is 0 Å². The van der Waals surface area contributed by atoms with E-state index in [1.807, 2.05) is 0 Å². The molecule has 1 aliphatic carbocycles. The average molecular weight is 346 g/mol. The summed E-state index contributed by atoms with van der Waals surface area (Å²) in [5.41, 5.74) is 0.714. The van der Waals surface area contributed by atoms with E-state index >= 15 is 0 Å². The Kier molecular flexibility index (Phi) is 6.17. The van der Waals surface area contributed by atoms with Crippen LogP contribution >= 0.6 is 0 Å². The molecule has 0 bridgehead atoms. The van der Waals surface area contributed by atoms with Crippen LogP contribution in [0.1, 0.15) is 62.7 Å². The second kappa shape index (κ2) is 8.14. The van der Waals surface area contributed by atoms with Crippen molar-refractivity contribution in [3.8, 4) is 0 Å². The van der Waals surface area contributed by atoms with Gasteiger partial charge in [-0.1, -0.05) is 26.2 Å². The summed E-state index contributed by atoms with van der Waals surface area (Å²) in [6.07, 6.45) is 6.02. The van der Waals surface area contributed by atoms with Crippen LogP contribution in [0.4, 0.5) is 5.69 Å². The van der Waals surface area contributed by atoms with Crippen LogP contribution in [0.3, 0.4) is 0 Å². The normalized spacial score (nSPS) is 17.4. The molecule has 0 radical (unpaired) electrons. The second-order valence-corrected chi connectivity index (χ2v) is 6.76. The number of carbonyl (C=O) groups is 3. The summed E-state index contributed by atoms with van der Waals surface area (Å²) in [4.78, 5) is 35.5. The van der Waals surface area contributed by atoms with Crippen LogP contribution in [0.5, 0.6) is 0 Å². The van der Waals surface area contributed by atoms with Crippen LogP contribution in [-0.4, -0.2) is 28.9 Å². The Morgan fingerprint density at radius 1 is 1.12 bits per heavy atom. The molecule has 136 valence electrons. The quantitative estimate of drug-likeness (QED) is 0.737. The van der Waals surface area contributed by atoms with Crippen molar-refractivity contribution in [1.29, 1.82) is 0 Å². The van der Waals surface area contributed by atoms with Crippen molar-refractivity contribution < 1.29 is 19.5 Å². The summed E-state index contributed by atoms with van der Waals surface area (Å²) in [6.45, 7) is 3.46. The number of anilines is 1. The van der Waals surface area contributed by atoms with Crippen molar-refractivity contribution in [3.05, 3.63) is 29.8 Å². The van der Waals surface area contributed by atoms with E-state index in [1.54, 1.807) is 24.3 Å². The van der Waals surface area contributed by atoms with E-state index in [2.05, 4.69) is 17.6 Å². The van der Waals surface area contributed by atoms with Crippen LogP contribution in [0.2, 0.25) is 0 Å². The summed E-state index contributed by atoms with van der Waals surface area (Å²) in [6, 6.07) is 5.55. The first-order valence-corrected chi connectivity index (χ1v) is 8.83. The van der Waals surface area contributed by atoms with E-state index in [9.17, 15) is 14.4 Å². The number of aliphatic carboxylic acids is 1. The number of carboxylic acid groups (broad SMARTS) is 1. The zero-order valence-corrected chi connectivity index (χ0v) is 14.8. The predicted molar refractivity (Wildman–Crippen MR) is 95.4 cm³/mol. The number of amides is 2. The Balaban J connectivity index is 2.01. The number of hydrogen-bond donors (Lipinski definition) is 3. The molecule has 0 spiro atoms. The lowest BCUT2D eigenvalue weighted by atomic mass is 9.71. The van der Waals surface area contributed by atoms with Gasteiger partial charge in [0.25, 0.3) is 5.91 Å². The van der Waals surface area contributed by atoms with Crippen molar-refractivity contribution in [2.75, 3.05) is 5.32 Å². The maximum Gasteiger partial charge on any atom is 0.325 e. The summed E-state index contributed by atoms with van der Waals surface area (Å²) >= 11 is 0. The zero-order valence-electron chi connectivity index (χ0n) is 14.8. The number of rotatable bonds is 6. The Morgan fingerprint density at radius 3 is 2.24 bits per heavy atom. The van der Waals surface area contributed by atoms with Crippen LogP contribution in [0.25, 0.3) is 0 Å². The lowest BCUT2D eigenvalue weighted by Gasteiger charge is -2.34. The fourth-order valence-electron chi connectivity index (χ4n) is 3.28. The van der Waals surface area contributed by atoms with Gasteiger partial charge in [0.05, 0.1) is 0 Å². The maximum absolute atomic E-state index is 12.7. The van der Waals surface area contributed by atoms with Gasteiger partial charge < -0.3 is 15.7 Å². The largest absolute Gasteiger partial charge is 0.480 e. The second-order valence-electron chi connectivity index (χ2n) is 6.76. The zero-order chi connectivity index (χ0) is 18.4. The van der Waals surface area contributed by atoms with Gasteiger partial charge >= 0.3 is 5.97 Å². The molecule has 0 aliphatic heterocycles.